The minimum Gasteiger partial charge on any atom is -0.381 e. The molecule has 1 amide bonds. The average Bonchev–Trinajstić information content (AvgIpc) is 3.22. The second-order valence-corrected chi connectivity index (χ2v) is 10.6. The smallest absolute Gasteiger partial charge is 0.272 e. The third-order valence-corrected chi connectivity index (χ3v) is 7.56. The average molecular weight is 434 g/mol. The zero-order chi connectivity index (χ0) is 21.0. The summed E-state index contributed by atoms with van der Waals surface area (Å²) in [6, 6.07) is 3.83. The molecule has 1 saturated heterocycles. The number of carbonyl (C=O) groups excluding carboxylic acids is 1. The molecule has 2 atom stereocenters. The topological polar surface area (TPSA) is 90.3 Å². The minimum atomic E-state index is -3.51. The summed E-state index contributed by atoms with van der Waals surface area (Å²) < 4.78 is 45.2. The molecule has 1 N–H and O–H groups in total. The Balaban J connectivity index is 1.45. The number of aromatic nitrogens is 2. The van der Waals surface area contributed by atoms with Crippen molar-refractivity contribution >= 4 is 15.7 Å². The van der Waals surface area contributed by atoms with E-state index in [1.165, 1.54) is 16.8 Å². The Labute approximate surface area is 174 Å². The van der Waals surface area contributed by atoms with E-state index in [1.807, 2.05) is 0 Å². The van der Waals surface area contributed by atoms with Gasteiger partial charge in [0.2, 0.25) is 0 Å². The van der Waals surface area contributed by atoms with Gasteiger partial charge >= 0.3 is 0 Å². The zero-order valence-corrected chi connectivity index (χ0v) is 17.5. The molecule has 0 spiro atoms. The first-order valence-electron chi connectivity index (χ1n) is 10.3. The quantitative estimate of drug-likeness (QED) is 0.781. The minimum absolute atomic E-state index is 0.0775. The molecule has 2 aliphatic carbocycles. The van der Waals surface area contributed by atoms with E-state index < -0.39 is 15.7 Å². The lowest BCUT2D eigenvalue weighted by atomic mass is 10.0. The fraction of sp³-hybridized carbons (Fsp3) is 0.524. The first-order chi connectivity index (χ1) is 14.3. The Morgan fingerprint density at radius 1 is 1.33 bits per heavy atom. The lowest BCUT2D eigenvalue weighted by molar-refractivity contribution is 0.0642. The molecule has 0 unspecified atom stereocenters. The number of sulfone groups is 1. The summed E-state index contributed by atoms with van der Waals surface area (Å²) >= 11 is 0. The molecular weight excluding hydrogens is 409 g/mol. The van der Waals surface area contributed by atoms with E-state index in [0.29, 0.717) is 30.0 Å². The van der Waals surface area contributed by atoms with Crippen LogP contribution in [0.3, 0.4) is 0 Å². The molecule has 1 saturated carbocycles. The molecule has 1 aliphatic heterocycles. The van der Waals surface area contributed by atoms with Gasteiger partial charge in [0.05, 0.1) is 10.6 Å². The highest BCUT2D eigenvalue weighted by Crippen LogP contribution is 2.57. The van der Waals surface area contributed by atoms with E-state index in [-0.39, 0.29) is 16.5 Å². The predicted molar refractivity (Wildman–Crippen MR) is 107 cm³/mol. The molecule has 160 valence electrons. The number of benzene rings is 1. The molecule has 3 aliphatic rings. The van der Waals surface area contributed by atoms with Crippen molar-refractivity contribution in [2.75, 3.05) is 26.0 Å². The Morgan fingerprint density at radius 3 is 2.80 bits per heavy atom. The highest BCUT2D eigenvalue weighted by molar-refractivity contribution is 7.90. The summed E-state index contributed by atoms with van der Waals surface area (Å²) in [5.41, 5.74) is 2.32. The van der Waals surface area contributed by atoms with Gasteiger partial charge in [0.25, 0.3) is 5.91 Å². The number of hydrogen-bond donors (Lipinski definition) is 1. The van der Waals surface area contributed by atoms with E-state index >= 15 is 0 Å². The van der Waals surface area contributed by atoms with Gasteiger partial charge in [-0.2, -0.15) is 5.10 Å². The van der Waals surface area contributed by atoms with Crippen molar-refractivity contribution in [2.24, 2.45) is 11.8 Å². The normalized spacial score (nSPS) is 23.1. The number of hydrogen-bond acceptors (Lipinski definition) is 5. The summed E-state index contributed by atoms with van der Waals surface area (Å²) in [5.74, 6) is 0.280. The molecule has 0 radical (unpaired) electrons. The number of carbonyl (C=O) groups is 1. The standard InChI is InChI=1S/C21H24FN3O4S/c1-30(27,28)14-2-3-18(17(22)10-14)25-20-15-8-13(15)9-16(20)19(24-25)21(26)23-11-12-4-6-29-7-5-12/h2-3,10,12-13,15H,4-9,11H2,1H3,(H,23,26)/t13-,15-/m1/s1. The van der Waals surface area contributed by atoms with Crippen LogP contribution in [0.1, 0.15) is 46.9 Å². The van der Waals surface area contributed by atoms with Crippen LogP contribution in [-0.4, -0.2) is 50.1 Å². The summed E-state index contributed by atoms with van der Waals surface area (Å²) in [4.78, 5) is 12.8. The van der Waals surface area contributed by atoms with Crippen LogP contribution in [0, 0.1) is 17.7 Å². The molecule has 1 aromatic carbocycles. The molecule has 9 heteroatoms. The summed E-state index contributed by atoms with van der Waals surface area (Å²) in [6.45, 7) is 2.02. The van der Waals surface area contributed by atoms with Crippen molar-refractivity contribution in [3.05, 3.63) is 41.0 Å². The highest BCUT2D eigenvalue weighted by atomic mass is 32.2. The molecule has 30 heavy (non-hydrogen) atoms. The number of rotatable bonds is 5. The van der Waals surface area contributed by atoms with Gasteiger partial charge in [-0.15, -0.1) is 0 Å². The maximum atomic E-state index is 14.8. The molecule has 2 heterocycles. The number of fused-ring (bicyclic) bond motifs is 3. The molecular formula is C21H24FN3O4S. The van der Waals surface area contributed by atoms with Gasteiger partial charge in [-0.05, 0) is 55.7 Å². The van der Waals surface area contributed by atoms with Crippen LogP contribution in [0.15, 0.2) is 23.1 Å². The Kier molecular flexibility index (Phi) is 4.70. The number of amides is 1. The first-order valence-corrected chi connectivity index (χ1v) is 12.2. The van der Waals surface area contributed by atoms with Gasteiger partial charge in [-0.1, -0.05) is 0 Å². The maximum absolute atomic E-state index is 14.8. The Bertz CT molecular complexity index is 1120. The van der Waals surface area contributed by atoms with Crippen LogP contribution in [0.4, 0.5) is 4.39 Å². The van der Waals surface area contributed by atoms with E-state index in [2.05, 4.69) is 10.4 Å². The second kappa shape index (κ2) is 7.16. The Morgan fingerprint density at radius 2 is 2.10 bits per heavy atom. The van der Waals surface area contributed by atoms with Crippen molar-refractivity contribution in [2.45, 2.75) is 36.5 Å². The van der Waals surface area contributed by atoms with Gasteiger partial charge < -0.3 is 10.1 Å². The zero-order valence-electron chi connectivity index (χ0n) is 16.7. The number of nitrogens with one attached hydrogen (secondary N) is 1. The molecule has 5 rings (SSSR count). The number of nitrogens with zero attached hydrogens (tertiary/aromatic N) is 2. The lowest BCUT2D eigenvalue weighted by Gasteiger charge is -2.22. The third-order valence-electron chi connectivity index (χ3n) is 6.45. The van der Waals surface area contributed by atoms with Crippen LogP contribution in [0.5, 0.6) is 0 Å². The van der Waals surface area contributed by atoms with Crippen molar-refractivity contribution in [3.8, 4) is 5.69 Å². The SMILES string of the molecule is CS(=O)(=O)c1ccc(-n2nc(C(=O)NCC3CCOCC3)c3c2[C@@H]2C[C@@H]2C3)c(F)c1. The lowest BCUT2D eigenvalue weighted by Crippen LogP contribution is -2.32. The molecule has 1 aromatic heterocycles. The Hall–Kier alpha value is -2.26. The molecule has 7 nitrogen and oxygen atoms in total. The van der Waals surface area contributed by atoms with E-state index in [0.717, 1.165) is 62.5 Å². The van der Waals surface area contributed by atoms with Crippen molar-refractivity contribution in [1.82, 2.24) is 15.1 Å². The van der Waals surface area contributed by atoms with Crippen molar-refractivity contribution in [1.29, 1.82) is 0 Å². The predicted octanol–water partition coefficient (Wildman–Crippen LogP) is 2.23. The van der Waals surface area contributed by atoms with Crippen LogP contribution < -0.4 is 5.32 Å². The van der Waals surface area contributed by atoms with E-state index in [1.54, 1.807) is 0 Å². The monoisotopic (exact) mass is 433 g/mol. The van der Waals surface area contributed by atoms with Gasteiger partial charge in [-0.25, -0.2) is 17.5 Å². The largest absolute Gasteiger partial charge is 0.381 e. The van der Waals surface area contributed by atoms with Crippen LogP contribution in [0.25, 0.3) is 5.69 Å². The third kappa shape index (κ3) is 3.43. The van der Waals surface area contributed by atoms with Crippen molar-refractivity contribution < 1.29 is 22.3 Å². The highest BCUT2D eigenvalue weighted by Gasteiger charge is 2.50. The number of halogens is 1. The van der Waals surface area contributed by atoms with E-state index in [9.17, 15) is 17.6 Å². The molecule has 0 bridgehead atoms. The van der Waals surface area contributed by atoms with Crippen molar-refractivity contribution in [3.63, 3.8) is 0 Å². The fourth-order valence-corrected chi connectivity index (χ4v) is 5.28. The summed E-state index contributed by atoms with van der Waals surface area (Å²) in [5, 5.41) is 7.48. The summed E-state index contributed by atoms with van der Waals surface area (Å²) in [7, 11) is -3.51. The van der Waals surface area contributed by atoms with Crippen LogP contribution in [0.2, 0.25) is 0 Å². The van der Waals surface area contributed by atoms with Crippen LogP contribution >= 0.6 is 0 Å². The van der Waals surface area contributed by atoms with Gasteiger partial charge in [0.1, 0.15) is 11.5 Å². The first kappa shape index (κ1) is 19.7. The van der Waals surface area contributed by atoms with Gasteiger partial charge in [0, 0.05) is 37.5 Å². The maximum Gasteiger partial charge on any atom is 0.272 e. The van der Waals surface area contributed by atoms with Crippen LogP contribution in [-0.2, 0) is 21.0 Å². The van der Waals surface area contributed by atoms with Gasteiger partial charge in [0.15, 0.2) is 15.5 Å². The number of ether oxygens (including phenoxy) is 1. The molecule has 2 aromatic rings. The molecule has 2 fully saturated rings. The summed E-state index contributed by atoms with van der Waals surface area (Å²) in [6.07, 6.45) is 4.69. The van der Waals surface area contributed by atoms with Gasteiger partial charge in [-0.3, -0.25) is 4.79 Å². The van der Waals surface area contributed by atoms with E-state index in [4.69, 9.17) is 4.74 Å². The second-order valence-electron chi connectivity index (χ2n) is 8.58. The fourth-order valence-electron chi connectivity index (χ4n) is 4.64.